The van der Waals surface area contributed by atoms with Gasteiger partial charge in [-0.25, -0.2) is 0 Å². The van der Waals surface area contributed by atoms with Gasteiger partial charge in [-0.2, -0.15) is 0 Å². The molecule has 701 valence electrons. The fourth-order valence-electron chi connectivity index (χ4n) is 9.63. The number of carbonyl (C=O) groups excluding carboxylic acids is 4. The van der Waals surface area contributed by atoms with Crippen molar-refractivity contribution in [2.75, 3.05) is 58.2 Å². The van der Waals surface area contributed by atoms with E-state index in [4.69, 9.17) is 85.8 Å². The molecule has 10 aromatic rings. The van der Waals surface area contributed by atoms with Crippen LogP contribution in [0.2, 0.25) is 0 Å². The number of aliphatic hydroxyl groups excluding tert-OH is 3. The number of hydrogen-bond acceptors (Lipinski definition) is 25. The summed E-state index contributed by atoms with van der Waals surface area (Å²) in [6.07, 6.45) is 0. The molecule has 10 rings (SSSR count). The summed E-state index contributed by atoms with van der Waals surface area (Å²) < 4.78 is 51.8. The molecule has 0 aliphatic rings. The minimum absolute atomic E-state index is 0. The van der Waals surface area contributed by atoms with Crippen LogP contribution in [0.1, 0.15) is 186 Å². The Morgan fingerprint density at radius 2 is 0.674 bits per heavy atom. The van der Waals surface area contributed by atoms with E-state index in [1.165, 1.54) is 6.07 Å². The zero-order valence-electron chi connectivity index (χ0n) is 74.4. The minimum Gasteiger partial charge on any atom is -0.870 e. The van der Waals surface area contributed by atoms with Crippen LogP contribution in [-0.4, -0.2) is 268 Å². The fourth-order valence-corrected chi connectivity index (χ4v) is 20.4. The van der Waals surface area contributed by atoms with Crippen LogP contribution in [0.3, 0.4) is 0 Å². The maximum atomic E-state index is 12.1. The first-order valence-electron chi connectivity index (χ1n) is 39.1. The second-order valence-corrected chi connectivity index (χ2v) is 39.9. The van der Waals surface area contributed by atoms with E-state index in [0.29, 0.717) is 183 Å². The molecule has 1 radical (unpaired) electrons. The third-order valence-corrected chi connectivity index (χ3v) is 29.3. The van der Waals surface area contributed by atoms with E-state index in [1.54, 1.807) is 101 Å². The van der Waals surface area contributed by atoms with E-state index in [1.807, 2.05) is 52.8 Å². The van der Waals surface area contributed by atoms with Gasteiger partial charge < -0.3 is 15.4 Å². The van der Waals surface area contributed by atoms with Crippen molar-refractivity contribution in [2.24, 2.45) is 33.9 Å². The number of carboxylic acid groups (broad SMARTS) is 1. The van der Waals surface area contributed by atoms with Gasteiger partial charge in [-0.15, -0.1) is 0 Å². The van der Waals surface area contributed by atoms with Gasteiger partial charge in [0.1, 0.15) is 0 Å². The smallest absolute Gasteiger partial charge is 0.870 e. The number of benzene rings is 5. The SMILES string of the molecule is C.C.CC(C)CBr.O=[C-]O.[B]=NS.[C-]#[N+]c1cc(-c2nc(C)c(C(=O)OCC)[se]2)ccc1O.[C-]#[N+]c1cc(-c2nc(C)c(C(=O)OCC)[se]2)ccc1OCC(C)C.[C-]#[N+]c1cc(-c2nc(CBr)c(C(=O)OCC)[se]2)ccc1OCC(C)C.[C-]#[N+]c1cc(-c2nc(CO)c(C(=O)O)[se]2)ccc1OCC(C)C.[C-]#[N+]c1cc(-c2nc(CO)c(C(=O)OCC)[se]2)ccc1OCC(C)C.[Ca+2].[OH-]. The topological polar surface area (TPSA) is 406 Å². The number of alkyl halides is 2. The third-order valence-electron chi connectivity index (χ3n) is 15.4. The van der Waals surface area contributed by atoms with Gasteiger partial charge in [0.15, 0.2) is 0 Å². The number of carboxylic acids is 1. The third kappa shape index (κ3) is 41.3. The molecule has 5 aromatic carbocycles. The van der Waals surface area contributed by atoms with Crippen LogP contribution >= 0.6 is 44.7 Å². The van der Waals surface area contributed by atoms with Crippen LogP contribution in [0.25, 0.3) is 74.9 Å². The summed E-state index contributed by atoms with van der Waals surface area (Å²) in [5.41, 5.74) is 8.41. The van der Waals surface area contributed by atoms with Crippen molar-refractivity contribution < 1.29 is 97.7 Å². The summed E-state index contributed by atoms with van der Waals surface area (Å²) >= 11 is 8.32. The molecule has 6 N–H and O–H groups in total. The van der Waals surface area contributed by atoms with Gasteiger partial charge in [0, 0.05) is 5.33 Å². The number of phenolic OH excluding ortho intramolecular Hbond substituents is 1. The number of nitrogens with zero attached hydrogens (tertiary/aromatic N) is 11. The molecule has 0 saturated heterocycles. The molecule has 0 aliphatic heterocycles. The number of rotatable bonds is 30. The van der Waals surface area contributed by atoms with Gasteiger partial charge in [0.05, 0.1) is 0 Å². The summed E-state index contributed by atoms with van der Waals surface area (Å²) in [7, 11) is 4.34. The Kier molecular flexibility index (Phi) is 64.1. The Morgan fingerprint density at radius 1 is 0.447 bits per heavy atom. The number of thiol groups is 1. The number of phenols is 1. The molecule has 41 heteroatoms. The average Bonchev–Trinajstić information content (AvgIpc) is 1.66. The number of aryl methyl sites for hydroxylation is 2. The number of aromatic nitrogens is 5. The molecule has 0 atom stereocenters. The van der Waals surface area contributed by atoms with Crippen molar-refractivity contribution >= 4 is 227 Å². The largest absolute Gasteiger partial charge is 2.00 e. The Bertz CT molecular complexity index is 5440. The number of aromatic hydroxyl groups is 1. The first-order chi connectivity index (χ1) is 61.1. The molecule has 0 amide bonds. The Morgan fingerprint density at radius 3 is 0.909 bits per heavy atom. The van der Waals surface area contributed by atoms with Crippen molar-refractivity contribution in [3.8, 4) is 79.4 Å². The van der Waals surface area contributed by atoms with E-state index in [9.17, 15) is 39.3 Å². The quantitative estimate of drug-likeness (QED) is 0.00608. The number of halogens is 2. The van der Waals surface area contributed by atoms with Gasteiger partial charge in [-0.05, 0) is 5.92 Å². The molecule has 0 bridgehead atoms. The van der Waals surface area contributed by atoms with Crippen LogP contribution in [0, 0.1) is 76.3 Å². The Balaban J connectivity index is 0. The first kappa shape index (κ1) is 125. The molecule has 132 heavy (non-hydrogen) atoms. The standard InChI is InChI=1S/C18H19BrN2O3Se.C18H20N2O4Se.C18H20N2O3Se.C16H16N2O4Se.C14H12N2O3Se.C4H9Br.CHO2.2CH4.BHNS.Ca.H2O/c1-5-23-18(22)16-14(9-19)21-17(25-16)12-6-7-15(13(8-12)20-4)24-10-11(2)3;1-5-23-18(22)16-14(9-21)20-17(25-16)12-6-7-15(13(8-12)19-4)24-10-11(2)3;1-6-22-18(21)16-12(4)20-17(24-16)13-7-8-15(14(9-13)19-5)23-10-11(2)3;1-9(2)8-22-13-5-4-10(6-11(13)17-3)15-18-12(7-19)14(23-15)16(20)21;1-4-19-14(18)12-8(2)16-13(20-12)9-5-6-11(17)10(7-9)15-3;1-4(2)3-5;2-1-3;;;1-2-3;;/h6-8,11H,5,9-10H2,1-3H3;6-8,11,21H,5,9-10H2,1-3H3;7-9,11H,6,10H2,1-4H3;4-6,9,19H,7-8H2,1-2H3,(H,20,21);5-7,17H,4H2,1-2H3;4H,3H2,1-2H3;(H,2,3);2*1H4;3H;;1H2/q;;;;;;-1;;;;+2;/p-1. The molecular weight excluding hydrogens is 2200 g/mol. The number of aliphatic hydroxyl groups is 2. The number of esters is 4. The number of aromatic carboxylic acids is 1. The van der Waals surface area contributed by atoms with Crippen molar-refractivity contribution in [1.82, 2.24) is 24.9 Å². The van der Waals surface area contributed by atoms with Crippen LogP contribution < -0.4 is 18.9 Å². The van der Waals surface area contributed by atoms with Gasteiger partial charge in [-0.1, -0.05) is 51.1 Å². The van der Waals surface area contributed by atoms with Crippen molar-refractivity contribution in [1.29, 1.82) is 0 Å². The summed E-state index contributed by atoms with van der Waals surface area (Å²) in [6, 6.07) is 26.2. The van der Waals surface area contributed by atoms with Crippen LogP contribution in [0.15, 0.2) is 95.3 Å². The predicted molar refractivity (Wildman–Crippen MR) is 527 cm³/mol. The molecule has 31 nitrogen and oxygen atoms in total. The van der Waals surface area contributed by atoms with Crippen LogP contribution in [0.4, 0.5) is 28.4 Å². The van der Waals surface area contributed by atoms with E-state index in [-0.39, 0.29) is 169 Å². The predicted octanol–water partition coefficient (Wildman–Crippen LogP) is 19.1. The first-order valence-corrected chi connectivity index (χ1v) is 50.3. The summed E-state index contributed by atoms with van der Waals surface area (Å²) in [4.78, 5) is 107. The number of hydrogen-bond donors (Lipinski definition) is 6. The molecule has 5 aromatic heterocycles. The molecule has 0 spiro atoms. The molecule has 5 heterocycles. The molecule has 0 unspecified atom stereocenters. The molecular formula is C91H107BBr2CaN11O20SSe5. The van der Waals surface area contributed by atoms with Gasteiger partial charge in [0.2, 0.25) is 0 Å². The van der Waals surface area contributed by atoms with Crippen molar-refractivity contribution in [2.45, 2.75) is 144 Å². The van der Waals surface area contributed by atoms with Crippen molar-refractivity contribution in [3.05, 3.63) is 199 Å². The molecule has 0 saturated carbocycles. The maximum absolute atomic E-state index is 12.1. The van der Waals surface area contributed by atoms with Crippen LogP contribution in [0.5, 0.6) is 28.7 Å². The minimum atomic E-state index is -1.06. The molecule has 0 aliphatic carbocycles. The zero-order valence-corrected chi connectivity index (χ0v) is 89.2. The average molecular weight is 2310 g/mol. The van der Waals surface area contributed by atoms with E-state index >= 15 is 0 Å². The van der Waals surface area contributed by atoms with Crippen molar-refractivity contribution in [3.63, 3.8) is 0 Å². The normalized spacial score (nSPS) is 9.82. The summed E-state index contributed by atoms with van der Waals surface area (Å²) in [5, 5.41) is 45.7. The zero-order chi connectivity index (χ0) is 95.9. The monoisotopic (exact) mass is 2310 g/mol. The van der Waals surface area contributed by atoms with Crippen LogP contribution in [-0.2, 0) is 42.3 Å². The van der Waals surface area contributed by atoms with Gasteiger partial charge in [0.25, 0.3) is 0 Å². The second kappa shape index (κ2) is 67.5. The second-order valence-electron chi connectivity index (χ2n) is 28.0. The number of carbonyl (C=O) groups is 5. The van der Waals surface area contributed by atoms with E-state index in [0.717, 1.165) is 47.2 Å². The summed E-state index contributed by atoms with van der Waals surface area (Å²) in [6.45, 7) is 71.1. The fraction of sp³-hybridized carbons (Fsp3) is 0.385. The Labute approximate surface area is 855 Å². The van der Waals surface area contributed by atoms with E-state index in [2.05, 4.69) is 147 Å². The Hall–Kier alpha value is -8.67. The van der Waals surface area contributed by atoms with E-state index < -0.39 is 33.0 Å². The van der Waals surface area contributed by atoms with Gasteiger partial charge in [-0.3, -0.25) is 0 Å². The van der Waals surface area contributed by atoms with Gasteiger partial charge >= 0.3 is 787 Å². The molecule has 0 fully saturated rings. The maximum Gasteiger partial charge on any atom is 2.00 e. The summed E-state index contributed by atoms with van der Waals surface area (Å²) in [5.74, 6) is 2.04. The number of ether oxygens (including phenoxy) is 8.